The minimum atomic E-state index is -1.05. The zero-order valence-electron chi connectivity index (χ0n) is 8.83. The molecular weight excluding hydrogens is 228 g/mol. The van der Waals surface area contributed by atoms with Gasteiger partial charge in [-0.25, -0.2) is 0 Å². The summed E-state index contributed by atoms with van der Waals surface area (Å²) in [6, 6.07) is 4.67. The maximum absolute atomic E-state index is 10.8. The number of hydrogen-bond donors (Lipinski definition) is 3. The molecule has 0 saturated heterocycles. The van der Waals surface area contributed by atoms with E-state index in [2.05, 4.69) is 12.6 Å². The van der Waals surface area contributed by atoms with Gasteiger partial charge in [0.2, 0.25) is 0 Å². The van der Waals surface area contributed by atoms with Gasteiger partial charge in [0, 0.05) is 5.75 Å². The molecule has 2 atom stereocenters. The molecule has 0 aliphatic carbocycles. The average molecular weight is 242 g/mol. The van der Waals surface area contributed by atoms with E-state index in [9.17, 15) is 15.0 Å². The minimum Gasteiger partial charge on any atom is -0.496 e. The molecule has 0 aliphatic rings. The van der Waals surface area contributed by atoms with E-state index < -0.39 is 12.2 Å². The SMILES string of the molecule is COc1ccc(C(O)C(O)CS)cc1C=O. The Balaban J connectivity index is 3.03. The molecule has 0 heterocycles. The van der Waals surface area contributed by atoms with Gasteiger partial charge >= 0.3 is 0 Å². The van der Waals surface area contributed by atoms with E-state index >= 15 is 0 Å². The van der Waals surface area contributed by atoms with Gasteiger partial charge < -0.3 is 14.9 Å². The van der Waals surface area contributed by atoms with Crippen molar-refractivity contribution < 1.29 is 19.7 Å². The topological polar surface area (TPSA) is 66.8 Å². The number of aliphatic hydroxyl groups excluding tert-OH is 2. The molecule has 88 valence electrons. The lowest BCUT2D eigenvalue weighted by atomic mass is 10.0. The number of thiol groups is 1. The Hall–Kier alpha value is -1.04. The lowest BCUT2D eigenvalue weighted by Gasteiger charge is -2.17. The second-order valence-corrected chi connectivity index (χ2v) is 3.68. The van der Waals surface area contributed by atoms with Crippen molar-refractivity contribution in [1.29, 1.82) is 0 Å². The fraction of sp³-hybridized carbons (Fsp3) is 0.364. The van der Waals surface area contributed by atoms with Crippen LogP contribution in [0.2, 0.25) is 0 Å². The summed E-state index contributed by atoms with van der Waals surface area (Å²) < 4.78 is 4.97. The quantitative estimate of drug-likeness (QED) is 0.528. The Morgan fingerprint density at radius 1 is 1.50 bits per heavy atom. The number of carbonyl (C=O) groups is 1. The molecule has 0 saturated carbocycles. The van der Waals surface area contributed by atoms with Crippen molar-refractivity contribution >= 4 is 18.9 Å². The van der Waals surface area contributed by atoms with Crippen molar-refractivity contribution in [1.82, 2.24) is 0 Å². The molecule has 0 amide bonds. The van der Waals surface area contributed by atoms with Gasteiger partial charge in [-0.05, 0) is 17.7 Å². The van der Waals surface area contributed by atoms with Crippen LogP contribution < -0.4 is 4.74 Å². The van der Waals surface area contributed by atoms with E-state index in [-0.39, 0.29) is 5.75 Å². The molecule has 0 aromatic heterocycles. The maximum atomic E-state index is 10.8. The molecule has 0 bridgehead atoms. The molecule has 4 nitrogen and oxygen atoms in total. The Morgan fingerprint density at radius 3 is 2.69 bits per heavy atom. The van der Waals surface area contributed by atoms with Crippen molar-refractivity contribution in [3.63, 3.8) is 0 Å². The van der Waals surface area contributed by atoms with Gasteiger partial charge in [-0.15, -0.1) is 0 Å². The van der Waals surface area contributed by atoms with Crippen molar-refractivity contribution in [2.24, 2.45) is 0 Å². The number of ether oxygens (including phenoxy) is 1. The summed E-state index contributed by atoms with van der Waals surface area (Å²) in [7, 11) is 1.46. The second kappa shape index (κ2) is 5.89. The van der Waals surface area contributed by atoms with Gasteiger partial charge in [0.05, 0.1) is 18.8 Å². The lowest BCUT2D eigenvalue weighted by Crippen LogP contribution is -2.19. The number of hydrogen-bond acceptors (Lipinski definition) is 5. The number of aliphatic hydroxyl groups is 2. The highest BCUT2D eigenvalue weighted by Crippen LogP contribution is 2.24. The van der Waals surface area contributed by atoms with Crippen LogP contribution in [0.1, 0.15) is 22.0 Å². The van der Waals surface area contributed by atoms with Crippen LogP contribution in [-0.2, 0) is 0 Å². The summed E-state index contributed by atoms with van der Waals surface area (Å²) >= 11 is 3.89. The normalized spacial score (nSPS) is 14.2. The molecule has 0 fully saturated rings. The Bertz CT molecular complexity index is 367. The lowest BCUT2D eigenvalue weighted by molar-refractivity contribution is 0.0337. The molecule has 2 N–H and O–H groups in total. The van der Waals surface area contributed by atoms with E-state index in [4.69, 9.17) is 4.74 Å². The molecule has 5 heteroatoms. The molecule has 1 rings (SSSR count). The smallest absolute Gasteiger partial charge is 0.153 e. The fourth-order valence-corrected chi connectivity index (χ4v) is 1.55. The molecule has 1 aromatic rings. The van der Waals surface area contributed by atoms with Gasteiger partial charge in [0.25, 0.3) is 0 Å². The summed E-state index contributed by atoms with van der Waals surface area (Å²) in [4.78, 5) is 10.8. The van der Waals surface area contributed by atoms with Crippen LogP contribution in [0.4, 0.5) is 0 Å². The molecule has 1 aromatic carbocycles. The first-order chi connectivity index (χ1) is 7.63. The highest BCUT2D eigenvalue weighted by Gasteiger charge is 2.18. The number of rotatable bonds is 5. The van der Waals surface area contributed by atoms with Crippen molar-refractivity contribution in [2.75, 3.05) is 12.9 Å². The van der Waals surface area contributed by atoms with Gasteiger partial charge in [0.1, 0.15) is 11.9 Å². The summed E-state index contributed by atoms with van der Waals surface area (Å²) in [6.07, 6.45) is -1.37. The van der Waals surface area contributed by atoms with E-state index in [0.29, 0.717) is 23.2 Å². The first-order valence-electron chi connectivity index (χ1n) is 4.74. The van der Waals surface area contributed by atoms with Crippen molar-refractivity contribution in [2.45, 2.75) is 12.2 Å². The van der Waals surface area contributed by atoms with Crippen LogP contribution in [-0.4, -0.2) is 35.5 Å². The third-order valence-corrected chi connectivity index (χ3v) is 2.65. The molecule has 16 heavy (non-hydrogen) atoms. The van der Waals surface area contributed by atoms with Crippen LogP contribution in [0, 0.1) is 0 Å². The van der Waals surface area contributed by atoms with Gasteiger partial charge in [-0.2, -0.15) is 12.6 Å². The predicted octanol–water partition coefficient (Wildman–Crippen LogP) is 0.832. The van der Waals surface area contributed by atoms with Gasteiger partial charge in [-0.3, -0.25) is 4.79 Å². The Labute approximate surface area is 99.3 Å². The predicted molar refractivity (Wildman–Crippen MR) is 63.2 cm³/mol. The van der Waals surface area contributed by atoms with E-state index in [1.54, 1.807) is 12.1 Å². The second-order valence-electron chi connectivity index (χ2n) is 3.31. The van der Waals surface area contributed by atoms with E-state index in [1.165, 1.54) is 13.2 Å². The minimum absolute atomic E-state index is 0.142. The fourth-order valence-electron chi connectivity index (χ4n) is 1.35. The molecule has 2 unspecified atom stereocenters. The van der Waals surface area contributed by atoms with Crippen molar-refractivity contribution in [3.8, 4) is 5.75 Å². The van der Waals surface area contributed by atoms with Crippen LogP contribution in [0.15, 0.2) is 18.2 Å². The number of carbonyl (C=O) groups excluding carboxylic acids is 1. The van der Waals surface area contributed by atoms with Crippen LogP contribution in [0.5, 0.6) is 5.75 Å². The summed E-state index contributed by atoms with van der Waals surface area (Å²) in [5, 5.41) is 19.1. The molecule has 0 radical (unpaired) electrons. The summed E-state index contributed by atoms with van der Waals surface area (Å²) in [5.41, 5.74) is 0.801. The van der Waals surface area contributed by atoms with Gasteiger partial charge in [0.15, 0.2) is 6.29 Å². The first-order valence-corrected chi connectivity index (χ1v) is 5.37. The monoisotopic (exact) mass is 242 g/mol. The zero-order chi connectivity index (χ0) is 12.1. The molecule has 0 spiro atoms. The summed E-state index contributed by atoms with van der Waals surface area (Å²) in [5.74, 6) is 0.579. The highest BCUT2D eigenvalue weighted by atomic mass is 32.1. The third-order valence-electron chi connectivity index (χ3n) is 2.27. The van der Waals surface area contributed by atoms with Crippen LogP contribution >= 0.6 is 12.6 Å². The highest BCUT2D eigenvalue weighted by molar-refractivity contribution is 7.80. The van der Waals surface area contributed by atoms with E-state index in [1.807, 2.05) is 0 Å². The standard InChI is InChI=1S/C11H14O4S/c1-15-10-3-2-7(4-8(10)5-12)11(14)9(13)6-16/h2-5,9,11,13-14,16H,6H2,1H3. The zero-order valence-corrected chi connectivity index (χ0v) is 9.72. The first kappa shape index (κ1) is 13.0. The summed E-state index contributed by atoms with van der Waals surface area (Å²) in [6.45, 7) is 0. The average Bonchev–Trinajstić information content (AvgIpc) is 2.35. The Morgan fingerprint density at radius 2 is 2.19 bits per heavy atom. The maximum Gasteiger partial charge on any atom is 0.153 e. The Kier molecular flexibility index (Phi) is 4.79. The third kappa shape index (κ3) is 2.75. The molecule has 0 aliphatic heterocycles. The number of methoxy groups -OCH3 is 1. The van der Waals surface area contributed by atoms with Crippen LogP contribution in [0.3, 0.4) is 0 Å². The number of benzene rings is 1. The van der Waals surface area contributed by atoms with Crippen molar-refractivity contribution in [3.05, 3.63) is 29.3 Å². The number of aldehydes is 1. The van der Waals surface area contributed by atoms with Gasteiger partial charge in [-0.1, -0.05) is 6.07 Å². The van der Waals surface area contributed by atoms with Crippen LogP contribution in [0.25, 0.3) is 0 Å². The largest absolute Gasteiger partial charge is 0.496 e. The van der Waals surface area contributed by atoms with E-state index in [0.717, 1.165) is 0 Å². The molecular formula is C11H14O4S.